The van der Waals surface area contributed by atoms with Gasteiger partial charge < -0.3 is 15.5 Å². The van der Waals surface area contributed by atoms with Gasteiger partial charge in [-0.05, 0) is 91.6 Å². The molecule has 3 aliphatic rings. The van der Waals surface area contributed by atoms with Gasteiger partial charge in [-0.15, -0.1) is 0 Å². The summed E-state index contributed by atoms with van der Waals surface area (Å²) in [6.07, 6.45) is 6.77. The Balaban J connectivity index is 1.53. The predicted octanol–water partition coefficient (Wildman–Crippen LogP) is 4.84. The van der Waals surface area contributed by atoms with Crippen LogP contribution in [0.15, 0.2) is 36.4 Å². The largest absolute Gasteiger partial charge is 0.396 e. The monoisotopic (exact) mass is 456 g/mol. The van der Waals surface area contributed by atoms with Crippen molar-refractivity contribution in [3.8, 4) is 0 Å². The fraction of sp³-hybridized carbons (Fsp3) is 0.704. The van der Waals surface area contributed by atoms with E-state index < -0.39 is 0 Å². The Morgan fingerprint density at radius 2 is 1.88 bits per heavy atom. The summed E-state index contributed by atoms with van der Waals surface area (Å²) >= 11 is 0. The normalized spacial score (nSPS) is 38.8. The van der Waals surface area contributed by atoms with Gasteiger partial charge in [0.05, 0.1) is 11.0 Å². The fourth-order valence-corrected chi connectivity index (χ4v) is 7.59. The molecule has 0 saturated heterocycles. The molecule has 4 rings (SSSR count). The van der Waals surface area contributed by atoms with E-state index in [1.165, 1.54) is 12.0 Å². The lowest BCUT2D eigenvalue weighted by Crippen LogP contribution is -2.53. The van der Waals surface area contributed by atoms with Gasteiger partial charge >= 0.3 is 0 Å². The Hall–Kier alpha value is -1.76. The molecule has 6 heteroatoms. The second kappa shape index (κ2) is 9.47. The number of nitrogens with zero attached hydrogens (tertiary/aromatic N) is 1. The molecule has 7 atom stereocenters. The van der Waals surface area contributed by atoms with Crippen molar-refractivity contribution in [1.29, 1.82) is 0 Å². The van der Waals surface area contributed by atoms with Crippen molar-refractivity contribution in [2.24, 2.45) is 34.5 Å². The number of nitro groups is 1. The lowest BCUT2D eigenvalue weighted by Gasteiger charge is -2.56. The van der Waals surface area contributed by atoms with Crippen LogP contribution in [0, 0.1) is 44.6 Å². The van der Waals surface area contributed by atoms with E-state index in [0.717, 1.165) is 44.2 Å². The number of allylic oxidation sites excluding steroid dienone is 1. The highest BCUT2D eigenvalue weighted by Crippen LogP contribution is 2.63. The summed E-state index contributed by atoms with van der Waals surface area (Å²) in [5.41, 5.74) is 2.78. The first kappa shape index (κ1) is 24.4. The maximum absolute atomic E-state index is 10.9. The Bertz CT molecular complexity index is 871. The number of nitrogens with one attached hydrogen (secondary N) is 1. The molecule has 0 bridgehead atoms. The van der Waals surface area contributed by atoms with Gasteiger partial charge in [-0.2, -0.15) is 0 Å². The van der Waals surface area contributed by atoms with Crippen LogP contribution in [-0.4, -0.2) is 34.4 Å². The summed E-state index contributed by atoms with van der Waals surface area (Å²) in [6, 6.07) is 6.80. The van der Waals surface area contributed by atoms with E-state index in [1.54, 1.807) is 12.1 Å². The number of nitro benzene ring substituents is 1. The summed E-state index contributed by atoms with van der Waals surface area (Å²) in [5, 5.41) is 35.1. The van der Waals surface area contributed by atoms with Gasteiger partial charge in [0, 0.05) is 25.3 Å². The second-order valence-corrected chi connectivity index (χ2v) is 11.3. The first-order valence-electron chi connectivity index (χ1n) is 12.6. The molecule has 3 N–H and O–H groups in total. The van der Waals surface area contributed by atoms with Crippen molar-refractivity contribution >= 4 is 5.69 Å². The first-order chi connectivity index (χ1) is 15.7. The maximum Gasteiger partial charge on any atom is 0.269 e. The Kier molecular flexibility index (Phi) is 7.00. The Morgan fingerprint density at radius 1 is 1.15 bits per heavy atom. The van der Waals surface area contributed by atoms with Crippen LogP contribution in [0.4, 0.5) is 5.69 Å². The van der Waals surface area contributed by atoms with Gasteiger partial charge in [0.2, 0.25) is 0 Å². The number of rotatable bonds is 7. The zero-order valence-electron chi connectivity index (χ0n) is 20.1. The summed E-state index contributed by atoms with van der Waals surface area (Å²) in [4.78, 5) is 10.6. The van der Waals surface area contributed by atoms with E-state index in [0.29, 0.717) is 30.7 Å². The topological polar surface area (TPSA) is 95.6 Å². The van der Waals surface area contributed by atoms with Crippen LogP contribution in [0.5, 0.6) is 0 Å². The quantitative estimate of drug-likeness (QED) is 0.310. The number of fused-ring (bicyclic) bond motifs is 1. The molecule has 33 heavy (non-hydrogen) atoms. The number of aliphatic hydroxyl groups excluding tert-OH is 2. The van der Waals surface area contributed by atoms with Crippen LogP contribution < -0.4 is 5.32 Å². The molecule has 3 saturated carbocycles. The number of hydrogen-bond donors (Lipinski definition) is 3. The van der Waals surface area contributed by atoms with E-state index in [1.807, 2.05) is 12.1 Å². The van der Waals surface area contributed by atoms with Crippen LogP contribution in [0.1, 0.15) is 64.4 Å². The lowest BCUT2D eigenvalue weighted by molar-refractivity contribution is -0.384. The Morgan fingerprint density at radius 3 is 2.55 bits per heavy atom. The molecule has 182 valence electrons. The molecule has 0 heterocycles. The molecule has 6 nitrogen and oxygen atoms in total. The number of aliphatic hydroxyl groups is 2. The zero-order chi connectivity index (χ0) is 23.8. The molecule has 3 aliphatic carbocycles. The average molecular weight is 457 g/mol. The summed E-state index contributed by atoms with van der Waals surface area (Å²) in [5.74, 6) is 1.69. The smallest absolute Gasteiger partial charge is 0.269 e. The summed E-state index contributed by atoms with van der Waals surface area (Å²) < 4.78 is 0. The van der Waals surface area contributed by atoms with E-state index >= 15 is 0 Å². The van der Waals surface area contributed by atoms with Crippen LogP contribution in [0.25, 0.3) is 0 Å². The first-order valence-corrected chi connectivity index (χ1v) is 12.6. The van der Waals surface area contributed by atoms with Gasteiger partial charge in [0.1, 0.15) is 0 Å². The van der Waals surface area contributed by atoms with Crippen LogP contribution in [-0.2, 0) is 6.54 Å². The third kappa shape index (κ3) is 4.50. The molecule has 0 spiro atoms. The molecule has 3 fully saturated rings. The van der Waals surface area contributed by atoms with Crippen LogP contribution in [0.2, 0.25) is 0 Å². The third-order valence-corrected chi connectivity index (χ3v) is 9.82. The second-order valence-electron chi connectivity index (χ2n) is 11.3. The van der Waals surface area contributed by atoms with Crippen molar-refractivity contribution < 1.29 is 15.1 Å². The highest BCUT2D eigenvalue weighted by molar-refractivity contribution is 5.32. The van der Waals surface area contributed by atoms with Crippen molar-refractivity contribution in [2.45, 2.75) is 71.4 Å². The molecule has 0 radical (unpaired) electrons. The molecule has 1 aromatic carbocycles. The van der Waals surface area contributed by atoms with Gasteiger partial charge in [-0.1, -0.05) is 38.1 Å². The Labute approximate surface area is 197 Å². The van der Waals surface area contributed by atoms with Crippen LogP contribution >= 0.6 is 0 Å². The molecule has 0 amide bonds. The highest BCUT2D eigenvalue weighted by Gasteiger charge is 2.56. The number of hydrogen-bond acceptors (Lipinski definition) is 5. The molecule has 0 aromatic heterocycles. The predicted molar refractivity (Wildman–Crippen MR) is 130 cm³/mol. The van der Waals surface area contributed by atoms with E-state index in [9.17, 15) is 20.3 Å². The molecule has 1 aromatic rings. The SMILES string of the molecule is C=C1CC[C@H]2[C@H](CNCc3ccc([N+](=O)[O-])cc3)[C@@H]([C@@]3(C)CC[C@H](O)C[C@@H]3CO)CC[C@]12C. The standard InChI is InChI=1S/C27H40N2O4/c1-18-4-9-24-23(16-28-15-19-5-7-21(8-6-19)29(32)33)25(11-13-26(18,24)2)27(3)12-10-22(31)14-20(27)17-30/h5-8,20,22-25,28,30-31H,1,4,9-17H2,2-3H3/t20-,22+,23+,24+,25+,26-,27+/m1/s1. The van der Waals surface area contributed by atoms with Gasteiger partial charge in [-0.25, -0.2) is 0 Å². The lowest BCUT2D eigenvalue weighted by atomic mass is 9.49. The third-order valence-electron chi connectivity index (χ3n) is 9.82. The van der Waals surface area contributed by atoms with Gasteiger partial charge in [-0.3, -0.25) is 10.1 Å². The molecular formula is C27H40N2O4. The molecule has 0 unspecified atom stereocenters. The molecule has 0 aliphatic heterocycles. The average Bonchev–Trinajstić information content (AvgIpc) is 3.10. The summed E-state index contributed by atoms with van der Waals surface area (Å²) in [6.45, 7) is 10.9. The van der Waals surface area contributed by atoms with Crippen molar-refractivity contribution in [3.63, 3.8) is 0 Å². The van der Waals surface area contributed by atoms with Gasteiger partial charge in [0.25, 0.3) is 5.69 Å². The van der Waals surface area contributed by atoms with Crippen molar-refractivity contribution in [3.05, 3.63) is 52.1 Å². The minimum atomic E-state index is -0.364. The number of non-ortho nitro benzene ring substituents is 1. The fourth-order valence-electron chi connectivity index (χ4n) is 7.59. The van der Waals surface area contributed by atoms with E-state index in [4.69, 9.17) is 0 Å². The van der Waals surface area contributed by atoms with Crippen molar-refractivity contribution in [2.75, 3.05) is 13.2 Å². The van der Waals surface area contributed by atoms with Crippen LogP contribution in [0.3, 0.4) is 0 Å². The minimum absolute atomic E-state index is 0.0267. The zero-order valence-corrected chi connectivity index (χ0v) is 20.1. The minimum Gasteiger partial charge on any atom is -0.396 e. The van der Waals surface area contributed by atoms with E-state index in [2.05, 4.69) is 25.7 Å². The maximum atomic E-state index is 10.9. The highest BCUT2D eigenvalue weighted by atomic mass is 16.6. The van der Waals surface area contributed by atoms with E-state index in [-0.39, 0.29) is 40.1 Å². The van der Waals surface area contributed by atoms with Gasteiger partial charge in [0.15, 0.2) is 0 Å². The molecular weight excluding hydrogens is 416 g/mol. The number of benzene rings is 1. The van der Waals surface area contributed by atoms with Crippen molar-refractivity contribution in [1.82, 2.24) is 5.32 Å². The summed E-state index contributed by atoms with van der Waals surface area (Å²) in [7, 11) is 0.